The van der Waals surface area contributed by atoms with Crippen molar-refractivity contribution in [2.24, 2.45) is 0 Å². The molecule has 106 valence electrons. The van der Waals surface area contributed by atoms with Crippen LogP contribution in [0.1, 0.15) is 30.0 Å². The van der Waals surface area contributed by atoms with E-state index in [1.165, 1.54) is 0 Å². The smallest absolute Gasteiger partial charge is 0.321 e. The topological polar surface area (TPSA) is 108 Å². The summed E-state index contributed by atoms with van der Waals surface area (Å²) >= 11 is 0. The van der Waals surface area contributed by atoms with Crippen LogP contribution < -0.4 is 0 Å². The molecule has 1 atom stereocenters. The highest BCUT2D eigenvalue weighted by Crippen LogP contribution is 2.22. The molecular formula is C12H15N5O3. The number of carboxylic acids is 1. The molecule has 0 amide bonds. The Bertz CT molecular complexity index is 620. The van der Waals surface area contributed by atoms with Gasteiger partial charge in [-0.3, -0.25) is 9.69 Å². The van der Waals surface area contributed by atoms with Gasteiger partial charge in [0.1, 0.15) is 6.04 Å². The van der Waals surface area contributed by atoms with Crippen molar-refractivity contribution in [3.8, 4) is 0 Å². The van der Waals surface area contributed by atoms with E-state index in [1.807, 2.05) is 11.8 Å². The number of H-pyrrole nitrogens is 1. The van der Waals surface area contributed by atoms with Gasteiger partial charge >= 0.3 is 5.97 Å². The SMILES string of the molecule is CCc1nc(CN2Cc3[nH]cnc3CC2C(=O)O)no1. The molecule has 0 fully saturated rings. The third kappa shape index (κ3) is 2.29. The zero-order valence-corrected chi connectivity index (χ0v) is 11.0. The molecule has 8 nitrogen and oxygen atoms in total. The largest absolute Gasteiger partial charge is 0.480 e. The van der Waals surface area contributed by atoms with E-state index in [0.29, 0.717) is 37.6 Å². The van der Waals surface area contributed by atoms with Gasteiger partial charge in [-0.1, -0.05) is 12.1 Å². The quantitative estimate of drug-likeness (QED) is 0.830. The van der Waals surface area contributed by atoms with Crippen LogP contribution in [-0.2, 0) is 30.7 Å². The van der Waals surface area contributed by atoms with Gasteiger partial charge in [-0.05, 0) is 0 Å². The fourth-order valence-corrected chi connectivity index (χ4v) is 2.38. The monoisotopic (exact) mass is 277 g/mol. The Labute approximate surface area is 114 Å². The molecule has 2 N–H and O–H groups in total. The molecule has 0 aliphatic carbocycles. The van der Waals surface area contributed by atoms with Gasteiger partial charge in [0.2, 0.25) is 5.89 Å². The van der Waals surface area contributed by atoms with E-state index in [1.54, 1.807) is 6.33 Å². The lowest BCUT2D eigenvalue weighted by Gasteiger charge is -2.31. The molecular weight excluding hydrogens is 262 g/mol. The first-order chi connectivity index (χ1) is 9.67. The average Bonchev–Trinajstić information content (AvgIpc) is 3.05. The lowest BCUT2D eigenvalue weighted by molar-refractivity contribution is -0.144. The predicted octanol–water partition coefficient (Wildman–Crippen LogP) is 0.367. The number of aromatic nitrogens is 4. The summed E-state index contributed by atoms with van der Waals surface area (Å²) < 4.78 is 5.05. The van der Waals surface area contributed by atoms with Crippen molar-refractivity contribution >= 4 is 5.97 Å². The number of aliphatic carboxylic acids is 1. The summed E-state index contributed by atoms with van der Waals surface area (Å²) in [6.07, 6.45) is 2.64. The number of rotatable bonds is 4. The fourth-order valence-electron chi connectivity index (χ4n) is 2.38. The lowest BCUT2D eigenvalue weighted by Crippen LogP contribution is -2.45. The first kappa shape index (κ1) is 12.8. The maximum Gasteiger partial charge on any atom is 0.321 e. The number of hydrogen-bond acceptors (Lipinski definition) is 6. The number of carboxylic acid groups (broad SMARTS) is 1. The summed E-state index contributed by atoms with van der Waals surface area (Å²) in [5.41, 5.74) is 1.76. The maximum absolute atomic E-state index is 11.4. The maximum atomic E-state index is 11.4. The molecule has 2 aromatic heterocycles. The number of nitrogens with one attached hydrogen (secondary N) is 1. The number of fused-ring (bicyclic) bond motifs is 1. The van der Waals surface area contributed by atoms with Gasteiger partial charge in [-0.25, -0.2) is 4.98 Å². The molecule has 2 aromatic rings. The van der Waals surface area contributed by atoms with E-state index >= 15 is 0 Å². The molecule has 8 heteroatoms. The Hall–Kier alpha value is -2.22. The molecule has 1 aliphatic heterocycles. The van der Waals surface area contributed by atoms with Gasteiger partial charge in [0.25, 0.3) is 0 Å². The van der Waals surface area contributed by atoms with Crippen LogP contribution in [0, 0.1) is 0 Å². The number of hydrogen-bond donors (Lipinski definition) is 2. The molecule has 0 saturated carbocycles. The number of nitrogens with zero attached hydrogens (tertiary/aromatic N) is 4. The van der Waals surface area contributed by atoms with Crippen LogP contribution in [0.25, 0.3) is 0 Å². The highest BCUT2D eigenvalue weighted by Gasteiger charge is 2.33. The van der Waals surface area contributed by atoms with Crippen LogP contribution in [0.4, 0.5) is 0 Å². The predicted molar refractivity (Wildman–Crippen MR) is 66.6 cm³/mol. The Kier molecular flexibility index (Phi) is 3.23. The Morgan fingerprint density at radius 3 is 3.20 bits per heavy atom. The van der Waals surface area contributed by atoms with Crippen molar-refractivity contribution in [3.63, 3.8) is 0 Å². The fraction of sp³-hybridized carbons (Fsp3) is 0.500. The van der Waals surface area contributed by atoms with Gasteiger partial charge in [-0.2, -0.15) is 4.98 Å². The van der Waals surface area contributed by atoms with Gasteiger partial charge in [0.15, 0.2) is 5.82 Å². The summed E-state index contributed by atoms with van der Waals surface area (Å²) in [5, 5.41) is 13.2. The Morgan fingerprint density at radius 2 is 2.50 bits per heavy atom. The van der Waals surface area contributed by atoms with Crippen LogP contribution in [0.5, 0.6) is 0 Å². The van der Waals surface area contributed by atoms with E-state index in [-0.39, 0.29) is 0 Å². The second kappa shape index (κ2) is 5.04. The minimum Gasteiger partial charge on any atom is -0.480 e. The summed E-state index contributed by atoms with van der Waals surface area (Å²) in [6.45, 7) is 2.76. The number of aryl methyl sites for hydroxylation is 1. The minimum absolute atomic E-state index is 0.346. The molecule has 0 bridgehead atoms. The van der Waals surface area contributed by atoms with Crippen molar-refractivity contribution in [2.75, 3.05) is 0 Å². The molecule has 1 unspecified atom stereocenters. The third-order valence-corrected chi connectivity index (χ3v) is 3.44. The summed E-state index contributed by atoms with van der Waals surface area (Å²) in [4.78, 5) is 24.6. The Balaban J connectivity index is 1.81. The number of carbonyl (C=O) groups is 1. The molecule has 0 saturated heterocycles. The van der Waals surface area contributed by atoms with Crippen LogP contribution in [-0.4, -0.2) is 42.1 Å². The second-order valence-electron chi connectivity index (χ2n) is 4.75. The van der Waals surface area contributed by atoms with E-state index in [2.05, 4.69) is 20.1 Å². The highest BCUT2D eigenvalue weighted by molar-refractivity contribution is 5.74. The first-order valence-electron chi connectivity index (χ1n) is 6.46. The van der Waals surface area contributed by atoms with Crippen molar-refractivity contribution in [2.45, 2.75) is 38.9 Å². The highest BCUT2D eigenvalue weighted by atomic mass is 16.5. The van der Waals surface area contributed by atoms with Crippen LogP contribution in [0.2, 0.25) is 0 Å². The van der Waals surface area contributed by atoms with Crippen molar-refractivity contribution in [1.29, 1.82) is 0 Å². The van der Waals surface area contributed by atoms with Gasteiger partial charge < -0.3 is 14.6 Å². The van der Waals surface area contributed by atoms with Gasteiger partial charge in [0.05, 0.1) is 24.3 Å². The molecule has 0 radical (unpaired) electrons. The van der Waals surface area contributed by atoms with Crippen LogP contribution >= 0.6 is 0 Å². The Morgan fingerprint density at radius 1 is 1.65 bits per heavy atom. The average molecular weight is 277 g/mol. The third-order valence-electron chi connectivity index (χ3n) is 3.44. The lowest BCUT2D eigenvalue weighted by atomic mass is 10.0. The van der Waals surface area contributed by atoms with Gasteiger partial charge in [0, 0.05) is 19.4 Å². The van der Waals surface area contributed by atoms with Gasteiger partial charge in [-0.15, -0.1) is 0 Å². The molecule has 20 heavy (non-hydrogen) atoms. The van der Waals surface area contributed by atoms with Crippen molar-refractivity contribution in [1.82, 2.24) is 25.0 Å². The van der Waals surface area contributed by atoms with Crippen LogP contribution in [0.3, 0.4) is 0 Å². The van der Waals surface area contributed by atoms with Crippen molar-refractivity contribution < 1.29 is 14.4 Å². The van der Waals surface area contributed by atoms with Crippen molar-refractivity contribution in [3.05, 3.63) is 29.4 Å². The zero-order valence-electron chi connectivity index (χ0n) is 11.0. The zero-order chi connectivity index (χ0) is 14.1. The minimum atomic E-state index is -0.863. The molecule has 0 aromatic carbocycles. The van der Waals surface area contributed by atoms with Crippen LogP contribution in [0.15, 0.2) is 10.9 Å². The summed E-state index contributed by atoms with van der Waals surface area (Å²) in [5.74, 6) is 0.208. The second-order valence-corrected chi connectivity index (χ2v) is 4.75. The molecule has 3 rings (SSSR count). The van der Waals surface area contributed by atoms with E-state index in [9.17, 15) is 9.90 Å². The van der Waals surface area contributed by atoms with E-state index in [4.69, 9.17) is 4.52 Å². The summed E-state index contributed by atoms with van der Waals surface area (Å²) in [6, 6.07) is -0.616. The van der Waals surface area contributed by atoms with E-state index < -0.39 is 12.0 Å². The normalized spacial score (nSPS) is 18.9. The number of imidazole rings is 1. The standard InChI is InChI=1S/C12H15N5O3/c1-2-11-15-10(16-20-11)5-17-4-8-7(13-6-14-8)3-9(17)12(18)19/h6,9H,2-5H2,1H3,(H,13,14)(H,18,19). The number of aromatic amines is 1. The summed E-state index contributed by atoms with van der Waals surface area (Å²) in [7, 11) is 0. The molecule has 0 spiro atoms. The van der Waals surface area contributed by atoms with E-state index in [0.717, 1.165) is 11.4 Å². The molecule has 1 aliphatic rings. The molecule has 3 heterocycles. The first-order valence-corrected chi connectivity index (χ1v) is 6.46.